The lowest BCUT2D eigenvalue weighted by atomic mass is 10.2. The highest BCUT2D eigenvalue weighted by atomic mass is 33.1. The molecule has 1 nitrogen and oxygen atoms in total. The molecule has 0 heterocycles. The van der Waals surface area contributed by atoms with E-state index in [0.29, 0.717) is 5.56 Å². The number of rotatable bonds is 3. The molecular formula is C13H9FOS2. The SMILES string of the molecule is O=C(SSc1ccc(F)cc1)c1ccccc1. The van der Waals surface area contributed by atoms with Crippen molar-refractivity contribution in [3.8, 4) is 0 Å². The fourth-order valence-corrected chi connectivity index (χ4v) is 2.99. The van der Waals surface area contributed by atoms with Gasteiger partial charge in [-0.3, -0.25) is 4.79 Å². The van der Waals surface area contributed by atoms with E-state index in [1.165, 1.54) is 22.9 Å². The molecular weight excluding hydrogens is 255 g/mol. The molecule has 2 rings (SSSR count). The summed E-state index contributed by atoms with van der Waals surface area (Å²) in [6, 6.07) is 15.2. The number of benzene rings is 2. The molecule has 0 aliphatic carbocycles. The predicted octanol–water partition coefficient (Wildman–Crippen LogP) is 4.41. The first kappa shape index (κ1) is 12.2. The van der Waals surface area contributed by atoms with Gasteiger partial charge >= 0.3 is 0 Å². The highest BCUT2D eigenvalue weighted by Gasteiger charge is 2.06. The van der Waals surface area contributed by atoms with Gasteiger partial charge in [0, 0.05) is 10.5 Å². The number of carbonyl (C=O) groups excluding carboxylic acids is 1. The van der Waals surface area contributed by atoms with Crippen LogP contribution >= 0.6 is 21.6 Å². The summed E-state index contributed by atoms with van der Waals surface area (Å²) in [7, 11) is 2.48. The molecule has 0 spiro atoms. The second-order valence-corrected chi connectivity index (χ2v) is 5.45. The van der Waals surface area contributed by atoms with Crippen LogP contribution in [0.1, 0.15) is 10.4 Å². The largest absolute Gasteiger partial charge is 0.281 e. The molecule has 86 valence electrons. The minimum atomic E-state index is -0.270. The summed E-state index contributed by atoms with van der Waals surface area (Å²) < 4.78 is 12.7. The van der Waals surface area contributed by atoms with Crippen LogP contribution in [0.2, 0.25) is 0 Å². The first-order valence-corrected chi connectivity index (χ1v) is 7.10. The van der Waals surface area contributed by atoms with Crippen LogP contribution in [0.25, 0.3) is 0 Å². The third kappa shape index (κ3) is 3.61. The van der Waals surface area contributed by atoms with E-state index in [0.717, 1.165) is 15.7 Å². The summed E-state index contributed by atoms with van der Waals surface area (Å²) in [5.74, 6) is -0.270. The Labute approximate surface area is 107 Å². The van der Waals surface area contributed by atoms with Crippen LogP contribution in [0.3, 0.4) is 0 Å². The van der Waals surface area contributed by atoms with Crippen molar-refractivity contribution in [3.63, 3.8) is 0 Å². The second-order valence-electron chi connectivity index (χ2n) is 3.27. The highest BCUT2D eigenvalue weighted by Crippen LogP contribution is 2.33. The molecule has 2 aromatic carbocycles. The zero-order valence-electron chi connectivity index (χ0n) is 8.80. The summed E-state index contributed by atoms with van der Waals surface area (Å²) >= 11 is 0. The van der Waals surface area contributed by atoms with Crippen molar-refractivity contribution < 1.29 is 9.18 Å². The Kier molecular flexibility index (Phi) is 4.23. The fourth-order valence-electron chi connectivity index (χ4n) is 1.20. The van der Waals surface area contributed by atoms with Crippen LogP contribution in [0.5, 0.6) is 0 Å². The third-order valence-electron chi connectivity index (χ3n) is 2.04. The van der Waals surface area contributed by atoms with Crippen LogP contribution in [0.4, 0.5) is 4.39 Å². The number of hydrogen-bond donors (Lipinski definition) is 0. The Morgan fingerprint density at radius 1 is 0.941 bits per heavy atom. The molecule has 17 heavy (non-hydrogen) atoms. The average Bonchev–Trinajstić information content (AvgIpc) is 2.39. The van der Waals surface area contributed by atoms with E-state index in [1.54, 1.807) is 24.3 Å². The summed E-state index contributed by atoms with van der Waals surface area (Å²) in [6.07, 6.45) is 0. The van der Waals surface area contributed by atoms with Crippen molar-refractivity contribution in [1.29, 1.82) is 0 Å². The molecule has 0 amide bonds. The van der Waals surface area contributed by atoms with Gasteiger partial charge in [-0.15, -0.1) is 0 Å². The molecule has 0 fully saturated rings. The van der Waals surface area contributed by atoms with Gasteiger partial charge in [0.1, 0.15) is 5.82 Å². The van der Waals surface area contributed by atoms with Crippen LogP contribution in [-0.4, -0.2) is 5.12 Å². The molecule has 2 aromatic rings. The van der Waals surface area contributed by atoms with Crippen LogP contribution in [-0.2, 0) is 0 Å². The maximum absolute atomic E-state index is 12.7. The van der Waals surface area contributed by atoms with Crippen LogP contribution in [0, 0.1) is 5.82 Å². The number of halogens is 1. The molecule has 0 aliphatic heterocycles. The summed E-state index contributed by atoms with van der Waals surface area (Å²) in [5, 5.41) is -0.0000694. The first-order chi connectivity index (χ1) is 8.25. The highest BCUT2D eigenvalue weighted by molar-refractivity contribution is 8.82. The Hall–Kier alpha value is -1.26. The van der Waals surface area contributed by atoms with Crippen molar-refractivity contribution in [2.24, 2.45) is 0 Å². The Bertz CT molecular complexity index is 497. The van der Waals surface area contributed by atoms with E-state index in [-0.39, 0.29) is 10.9 Å². The lowest BCUT2D eigenvalue weighted by molar-refractivity contribution is 0.109. The normalized spacial score (nSPS) is 10.2. The Morgan fingerprint density at radius 3 is 2.24 bits per heavy atom. The van der Waals surface area contributed by atoms with Gasteiger partial charge in [-0.05, 0) is 45.9 Å². The van der Waals surface area contributed by atoms with E-state index >= 15 is 0 Å². The molecule has 0 saturated carbocycles. The molecule has 0 N–H and O–H groups in total. The minimum Gasteiger partial charge on any atom is -0.281 e. The van der Waals surface area contributed by atoms with Gasteiger partial charge in [0.25, 0.3) is 0 Å². The van der Waals surface area contributed by atoms with Crippen molar-refractivity contribution in [2.45, 2.75) is 4.90 Å². The van der Waals surface area contributed by atoms with Crippen molar-refractivity contribution in [2.75, 3.05) is 0 Å². The van der Waals surface area contributed by atoms with Gasteiger partial charge in [0.2, 0.25) is 5.12 Å². The predicted molar refractivity (Wildman–Crippen MR) is 70.6 cm³/mol. The standard InChI is InChI=1S/C13H9FOS2/c14-11-6-8-12(9-7-11)16-17-13(15)10-4-2-1-3-5-10/h1-9H. The van der Waals surface area contributed by atoms with Gasteiger partial charge < -0.3 is 0 Å². The smallest absolute Gasteiger partial charge is 0.230 e. The topological polar surface area (TPSA) is 17.1 Å². The summed E-state index contributed by atoms with van der Waals surface area (Å²) in [5.41, 5.74) is 0.673. The van der Waals surface area contributed by atoms with Crippen molar-refractivity contribution >= 4 is 26.7 Å². The zero-order chi connectivity index (χ0) is 12.1. The molecule has 0 bridgehead atoms. The number of hydrogen-bond acceptors (Lipinski definition) is 3. The molecule has 0 atom stereocenters. The molecule has 0 unspecified atom stereocenters. The van der Waals surface area contributed by atoms with Gasteiger partial charge in [-0.1, -0.05) is 30.3 Å². The van der Waals surface area contributed by atoms with Crippen molar-refractivity contribution in [1.82, 2.24) is 0 Å². The molecule has 4 heteroatoms. The van der Waals surface area contributed by atoms with E-state index in [4.69, 9.17) is 0 Å². The maximum atomic E-state index is 12.7. The minimum absolute atomic E-state index is 0.0000694. The number of carbonyl (C=O) groups is 1. The summed E-state index contributed by atoms with van der Waals surface area (Å²) in [6.45, 7) is 0. The quantitative estimate of drug-likeness (QED) is 0.764. The van der Waals surface area contributed by atoms with Gasteiger partial charge in [0.05, 0.1) is 0 Å². The molecule has 0 radical (unpaired) electrons. The van der Waals surface area contributed by atoms with Gasteiger partial charge in [0.15, 0.2) is 0 Å². The van der Waals surface area contributed by atoms with E-state index in [2.05, 4.69) is 0 Å². The van der Waals surface area contributed by atoms with Gasteiger partial charge in [-0.25, -0.2) is 4.39 Å². The van der Waals surface area contributed by atoms with Crippen LogP contribution < -0.4 is 0 Å². The maximum Gasteiger partial charge on any atom is 0.230 e. The second kappa shape index (κ2) is 5.89. The summed E-state index contributed by atoms with van der Waals surface area (Å²) in [4.78, 5) is 12.6. The Morgan fingerprint density at radius 2 is 1.59 bits per heavy atom. The first-order valence-electron chi connectivity index (χ1n) is 4.95. The lowest BCUT2D eigenvalue weighted by Gasteiger charge is -2.00. The fraction of sp³-hybridized carbons (Fsp3) is 0. The monoisotopic (exact) mass is 264 g/mol. The molecule has 0 aromatic heterocycles. The molecule has 0 aliphatic rings. The zero-order valence-corrected chi connectivity index (χ0v) is 10.4. The van der Waals surface area contributed by atoms with E-state index < -0.39 is 0 Å². The lowest BCUT2D eigenvalue weighted by Crippen LogP contribution is -1.89. The van der Waals surface area contributed by atoms with E-state index in [9.17, 15) is 9.18 Å². The average molecular weight is 264 g/mol. The van der Waals surface area contributed by atoms with Crippen LogP contribution in [0.15, 0.2) is 59.5 Å². The van der Waals surface area contributed by atoms with E-state index in [1.807, 2.05) is 18.2 Å². The van der Waals surface area contributed by atoms with Gasteiger partial charge in [-0.2, -0.15) is 0 Å². The van der Waals surface area contributed by atoms with Crippen molar-refractivity contribution in [3.05, 3.63) is 66.0 Å². The third-order valence-corrected chi connectivity index (χ3v) is 4.25. The Balaban J connectivity index is 1.95. The molecule has 0 saturated heterocycles.